The van der Waals surface area contributed by atoms with Crippen LogP contribution >= 0.6 is 0 Å². The third kappa shape index (κ3) is 5.33. The Morgan fingerprint density at radius 3 is 2.26 bits per heavy atom. The van der Waals surface area contributed by atoms with E-state index in [9.17, 15) is 43.6 Å². The van der Waals surface area contributed by atoms with Gasteiger partial charge in [0.05, 0.1) is 18.3 Å². The van der Waals surface area contributed by atoms with Crippen LogP contribution in [0.2, 0.25) is 0 Å². The van der Waals surface area contributed by atoms with Crippen molar-refractivity contribution in [1.82, 2.24) is 0 Å². The number of aliphatic hydroxyl groups is 6. The summed E-state index contributed by atoms with van der Waals surface area (Å²) in [6, 6.07) is 0. The zero-order chi connectivity index (χ0) is 28.5. The van der Waals surface area contributed by atoms with Crippen molar-refractivity contribution in [2.24, 2.45) is 40.4 Å². The van der Waals surface area contributed by atoms with Crippen LogP contribution < -0.4 is 29.6 Å². The second-order valence-corrected chi connectivity index (χ2v) is 14.6. The molecule has 0 aromatic rings. The van der Waals surface area contributed by atoms with Gasteiger partial charge in [-0.15, -0.1) is 0 Å². The molecule has 0 heterocycles. The average molecular weight is 587 g/mol. The molecule has 0 radical (unpaired) electrons. The van der Waals surface area contributed by atoms with E-state index < -0.39 is 68.7 Å². The fourth-order valence-corrected chi connectivity index (χ4v) is 10.2. The van der Waals surface area contributed by atoms with Crippen molar-refractivity contribution in [2.75, 3.05) is 6.61 Å². The SMILES string of the molecule is C[C@@H](CO)CCC[C@@H](C)[C@H]1C[C@H](OS(=O)(=O)[O-])[C@]2(O)[C@]1(C)CC[C@@H]1[C@@]3(C)CC[C@H](O)[C@H](O)[C@@H]3[C@@H](O)C[C@]12O.[Na+]. The van der Waals surface area contributed by atoms with E-state index in [0.717, 1.165) is 19.3 Å². The molecule has 4 saturated carbocycles. The molecule has 6 N–H and O–H groups in total. The molecule has 0 saturated heterocycles. The van der Waals surface area contributed by atoms with Gasteiger partial charge in [-0.05, 0) is 67.6 Å². The first-order valence-electron chi connectivity index (χ1n) is 14.2. The standard InChI is InChI=1S/C27H48O10S.Na/c1-15(14-28)6-5-7-16(2)17-12-21(37-38(34,35)36)27(33)25(17,4)11-9-20-24(3)10-8-18(29)23(31)22(24)19(30)13-26(20,27)32;/h15-23,28-33H,5-14H2,1-4H3,(H,34,35,36);/q;+1/p-1/t15-,16-,17-,18+,19+,20-,21+,22+,23+,24-,25-,26+,27+;/m1./s1. The summed E-state index contributed by atoms with van der Waals surface area (Å²) in [4.78, 5) is 0. The topological polar surface area (TPSA) is 188 Å². The van der Waals surface area contributed by atoms with E-state index in [0.29, 0.717) is 19.3 Å². The molecule has 39 heavy (non-hydrogen) atoms. The van der Waals surface area contributed by atoms with E-state index in [4.69, 9.17) is 4.18 Å². The molecule has 10 nitrogen and oxygen atoms in total. The molecule has 0 aliphatic heterocycles. The van der Waals surface area contributed by atoms with Gasteiger partial charge in [0.25, 0.3) is 0 Å². The molecule has 0 unspecified atom stereocenters. The third-order valence-electron chi connectivity index (χ3n) is 11.6. The largest absolute Gasteiger partial charge is 1.00 e. The molecule has 4 aliphatic rings. The maximum absolute atomic E-state index is 12.6. The fraction of sp³-hybridized carbons (Fsp3) is 1.00. The number of rotatable bonds is 8. The first-order valence-corrected chi connectivity index (χ1v) is 15.5. The summed E-state index contributed by atoms with van der Waals surface area (Å²) in [6.07, 6.45) is -1.23. The minimum atomic E-state index is -5.22. The summed E-state index contributed by atoms with van der Waals surface area (Å²) in [5, 5.41) is 66.9. The minimum Gasteiger partial charge on any atom is -0.726 e. The van der Waals surface area contributed by atoms with Crippen LogP contribution in [-0.4, -0.2) is 85.8 Å². The molecule has 0 amide bonds. The Hall–Kier alpha value is 0.630. The van der Waals surface area contributed by atoms with Gasteiger partial charge in [-0.2, -0.15) is 0 Å². The van der Waals surface area contributed by atoms with Crippen LogP contribution in [0.25, 0.3) is 0 Å². The van der Waals surface area contributed by atoms with Crippen LogP contribution in [0, 0.1) is 40.4 Å². The van der Waals surface area contributed by atoms with Crippen molar-refractivity contribution in [2.45, 2.75) is 121 Å². The van der Waals surface area contributed by atoms with Gasteiger partial charge in [0.15, 0.2) is 0 Å². The van der Waals surface area contributed by atoms with Gasteiger partial charge >= 0.3 is 29.6 Å². The van der Waals surface area contributed by atoms with Gasteiger partial charge in [-0.25, -0.2) is 8.42 Å². The van der Waals surface area contributed by atoms with Gasteiger partial charge in [0, 0.05) is 24.4 Å². The van der Waals surface area contributed by atoms with Crippen LogP contribution in [0.4, 0.5) is 0 Å². The van der Waals surface area contributed by atoms with Crippen LogP contribution in [0.1, 0.15) is 85.5 Å². The maximum atomic E-state index is 12.6. The predicted molar refractivity (Wildman–Crippen MR) is 136 cm³/mol. The summed E-state index contributed by atoms with van der Waals surface area (Å²) >= 11 is 0. The van der Waals surface area contributed by atoms with Crippen LogP contribution in [0.5, 0.6) is 0 Å². The summed E-state index contributed by atoms with van der Waals surface area (Å²) in [5.74, 6) is -1.46. The van der Waals surface area contributed by atoms with E-state index in [2.05, 4.69) is 0 Å². The molecule has 0 bridgehead atoms. The Bertz CT molecular complexity index is 984. The molecule has 0 aromatic heterocycles. The molecular formula is C27H47NaO10S. The molecule has 0 spiro atoms. The summed E-state index contributed by atoms with van der Waals surface area (Å²) in [5.41, 5.74) is -5.98. The third-order valence-corrected chi connectivity index (χ3v) is 12.1. The van der Waals surface area contributed by atoms with E-state index in [1.54, 1.807) is 0 Å². The monoisotopic (exact) mass is 586 g/mol. The van der Waals surface area contributed by atoms with Crippen LogP contribution in [0.15, 0.2) is 0 Å². The second kappa shape index (κ2) is 11.6. The van der Waals surface area contributed by atoms with Gasteiger partial charge in [0.1, 0.15) is 17.3 Å². The summed E-state index contributed by atoms with van der Waals surface area (Å²) < 4.78 is 40.6. The quantitative estimate of drug-likeness (QED) is 0.106. The van der Waals surface area contributed by atoms with Crippen molar-refractivity contribution < 1.29 is 77.4 Å². The molecule has 12 heteroatoms. The van der Waals surface area contributed by atoms with E-state index in [1.807, 2.05) is 27.7 Å². The summed E-state index contributed by atoms with van der Waals surface area (Å²) in [6.45, 7) is 7.77. The Kier molecular flexibility index (Phi) is 10.2. The number of hydrogen-bond acceptors (Lipinski definition) is 10. The Morgan fingerprint density at radius 1 is 1.03 bits per heavy atom. The maximum Gasteiger partial charge on any atom is 1.00 e. The van der Waals surface area contributed by atoms with Crippen molar-refractivity contribution in [1.29, 1.82) is 0 Å². The first kappa shape index (κ1) is 34.1. The fourth-order valence-electron chi connectivity index (χ4n) is 9.72. The predicted octanol–water partition coefficient (Wildman–Crippen LogP) is -1.93. The Morgan fingerprint density at radius 2 is 1.67 bits per heavy atom. The minimum absolute atomic E-state index is 0. The zero-order valence-electron chi connectivity index (χ0n) is 24.0. The molecule has 4 rings (SSSR count). The molecular weight excluding hydrogens is 539 g/mol. The number of fused-ring (bicyclic) bond motifs is 5. The molecule has 0 aromatic carbocycles. The van der Waals surface area contributed by atoms with E-state index >= 15 is 0 Å². The molecule has 4 aliphatic carbocycles. The van der Waals surface area contributed by atoms with Crippen molar-refractivity contribution in [3.8, 4) is 0 Å². The van der Waals surface area contributed by atoms with Gasteiger partial charge in [0.2, 0.25) is 10.4 Å². The number of aliphatic hydroxyl groups excluding tert-OH is 4. The smallest absolute Gasteiger partial charge is 0.726 e. The Labute approximate surface area is 254 Å². The van der Waals surface area contributed by atoms with Crippen LogP contribution in [0.3, 0.4) is 0 Å². The number of hydrogen-bond donors (Lipinski definition) is 6. The van der Waals surface area contributed by atoms with Gasteiger partial charge in [-0.3, -0.25) is 4.18 Å². The molecule has 4 fully saturated rings. The first-order chi connectivity index (χ1) is 17.5. The van der Waals surface area contributed by atoms with Gasteiger partial charge < -0.3 is 35.2 Å². The van der Waals surface area contributed by atoms with Crippen molar-refractivity contribution in [3.63, 3.8) is 0 Å². The van der Waals surface area contributed by atoms with E-state index in [-0.39, 0.29) is 73.2 Å². The van der Waals surface area contributed by atoms with Crippen molar-refractivity contribution >= 4 is 10.4 Å². The van der Waals surface area contributed by atoms with E-state index in [1.165, 1.54) is 0 Å². The molecule has 13 atom stereocenters. The molecule has 222 valence electrons. The van der Waals surface area contributed by atoms with Crippen molar-refractivity contribution in [3.05, 3.63) is 0 Å². The zero-order valence-corrected chi connectivity index (χ0v) is 26.8. The second-order valence-electron chi connectivity index (χ2n) is 13.6. The van der Waals surface area contributed by atoms with Crippen LogP contribution in [-0.2, 0) is 14.6 Å². The average Bonchev–Trinajstić information content (AvgIpc) is 3.03. The summed E-state index contributed by atoms with van der Waals surface area (Å²) in [7, 11) is -5.22. The van der Waals surface area contributed by atoms with Gasteiger partial charge in [-0.1, -0.05) is 40.5 Å². The Balaban J connectivity index is 0.00000420. The normalized spacial score (nSPS) is 49.3.